The first kappa shape index (κ1) is 27.2. The molecule has 0 radical (unpaired) electrons. The number of phenols is 1. The number of rotatable bonds is 7. The van der Waals surface area contributed by atoms with E-state index < -0.39 is 10.0 Å². The van der Waals surface area contributed by atoms with Crippen LogP contribution in [0, 0.1) is 12.8 Å². The van der Waals surface area contributed by atoms with Crippen molar-refractivity contribution >= 4 is 73.7 Å². The van der Waals surface area contributed by atoms with E-state index in [9.17, 15) is 18.3 Å². The number of carbonyl (C=O) groups is 1. The summed E-state index contributed by atoms with van der Waals surface area (Å²) in [6, 6.07) is 9.64. The van der Waals surface area contributed by atoms with Gasteiger partial charge in [-0.3, -0.25) is 9.52 Å². The van der Waals surface area contributed by atoms with Crippen molar-refractivity contribution < 1.29 is 23.1 Å². The van der Waals surface area contributed by atoms with E-state index >= 15 is 0 Å². The normalized spacial score (nSPS) is 11.4. The van der Waals surface area contributed by atoms with Crippen LogP contribution in [0.4, 0.5) is 11.4 Å². The second-order valence-electron chi connectivity index (χ2n) is 7.78. The third-order valence-corrected chi connectivity index (χ3v) is 7.71. The zero-order valence-corrected chi connectivity index (χ0v) is 22.5. The molecule has 0 spiro atoms. The molecule has 0 aromatic heterocycles. The predicted octanol–water partition coefficient (Wildman–Crippen LogP) is 7.50. The Kier molecular flexibility index (Phi) is 8.34. The maximum absolute atomic E-state index is 12.8. The highest BCUT2D eigenvalue weighted by Crippen LogP contribution is 2.42. The molecule has 0 fully saturated rings. The number of aromatic hydroxyl groups is 1. The number of sulfonamides is 1. The maximum Gasteiger partial charge on any atom is 0.261 e. The smallest absolute Gasteiger partial charge is 0.261 e. The van der Waals surface area contributed by atoms with E-state index in [1.165, 1.54) is 42.5 Å². The van der Waals surface area contributed by atoms with Gasteiger partial charge in [0.05, 0.1) is 36.4 Å². The molecule has 0 saturated carbocycles. The largest absolute Gasteiger partial charge is 0.504 e. The Balaban J connectivity index is 1.85. The van der Waals surface area contributed by atoms with Gasteiger partial charge in [-0.25, -0.2) is 8.42 Å². The molecule has 35 heavy (non-hydrogen) atoms. The van der Waals surface area contributed by atoms with Crippen molar-refractivity contribution in [1.82, 2.24) is 0 Å². The van der Waals surface area contributed by atoms with Gasteiger partial charge >= 0.3 is 0 Å². The van der Waals surface area contributed by atoms with Crippen LogP contribution >= 0.6 is 46.4 Å². The number of nitrogens with one attached hydrogen (secondary N) is 2. The summed E-state index contributed by atoms with van der Waals surface area (Å²) in [6.45, 7) is 5.05. The molecular weight excluding hydrogens is 558 g/mol. The third kappa shape index (κ3) is 6.26. The van der Waals surface area contributed by atoms with Crippen LogP contribution in [0.2, 0.25) is 20.1 Å². The number of amides is 1. The minimum absolute atomic E-state index is 0.0171. The van der Waals surface area contributed by atoms with Crippen LogP contribution in [-0.2, 0) is 14.8 Å². The van der Waals surface area contributed by atoms with E-state index in [2.05, 4.69) is 10.0 Å². The topological polar surface area (TPSA) is 105 Å². The lowest BCUT2D eigenvalue weighted by Crippen LogP contribution is -2.18. The Morgan fingerprint density at radius 2 is 1.54 bits per heavy atom. The molecule has 0 heterocycles. The number of benzene rings is 3. The van der Waals surface area contributed by atoms with E-state index in [0.29, 0.717) is 11.3 Å². The molecule has 1 amide bonds. The molecule has 0 bridgehead atoms. The van der Waals surface area contributed by atoms with Gasteiger partial charge in [0.25, 0.3) is 10.0 Å². The van der Waals surface area contributed by atoms with Gasteiger partial charge in [-0.2, -0.15) is 0 Å². The maximum atomic E-state index is 12.8. The van der Waals surface area contributed by atoms with Gasteiger partial charge in [0, 0.05) is 17.5 Å². The number of ether oxygens (including phenoxy) is 1. The highest BCUT2D eigenvalue weighted by Gasteiger charge is 2.20. The second-order valence-corrected chi connectivity index (χ2v) is 11.1. The molecule has 0 saturated heterocycles. The summed E-state index contributed by atoms with van der Waals surface area (Å²) < 4.78 is 33.8. The minimum atomic E-state index is -4.00. The number of carbonyl (C=O) groups excluding carboxylic acids is 1. The molecule has 0 aliphatic carbocycles. The van der Waals surface area contributed by atoms with Crippen LogP contribution in [0.25, 0.3) is 0 Å². The van der Waals surface area contributed by atoms with Crippen LogP contribution in [0.3, 0.4) is 0 Å². The number of phenolic OH excluding ortho intramolecular Hbond substituents is 1. The van der Waals surface area contributed by atoms with Crippen molar-refractivity contribution in [3.8, 4) is 17.2 Å². The molecule has 0 aliphatic heterocycles. The zero-order valence-electron chi connectivity index (χ0n) is 18.6. The average Bonchev–Trinajstić information content (AvgIpc) is 2.79. The number of hydrogen-bond donors (Lipinski definition) is 3. The van der Waals surface area contributed by atoms with Gasteiger partial charge in [-0.15, -0.1) is 0 Å². The van der Waals surface area contributed by atoms with Crippen molar-refractivity contribution in [2.24, 2.45) is 5.92 Å². The minimum Gasteiger partial charge on any atom is -0.504 e. The molecule has 3 aromatic carbocycles. The number of anilines is 2. The molecule has 186 valence electrons. The first-order valence-corrected chi connectivity index (χ1v) is 13.1. The Labute approximate surface area is 223 Å². The van der Waals surface area contributed by atoms with E-state index in [-0.39, 0.29) is 59.7 Å². The fourth-order valence-electron chi connectivity index (χ4n) is 2.81. The van der Waals surface area contributed by atoms with E-state index in [4.69, 9.17) is 51.1 Å². The van der Waals surface area contributed by atoms with Crippen LogP contribution in [0.5, 0.6) is 17.2 Å². The van der Waals surface area contributed by atoms with E-state index in [1.807, 2.05) is 0 Å². The quantitative estimate of drug-likeness (QED) is 0.199. The van der Waals surface area contributed by atoms with Crippen LogP contribution in [0.15, 0.2) is 47.4 Å². The predicted molar refractivity (Wildman–Crippen MR) is 140 cm³/mol. The Hall–Kier alpha value is -2.36. The molecular formula is C23H20Cl4N2O5S. The van der Waals surface area contributed by atoms with Crippen molar-refractivity contribution in [3.05, 3.63) is 68.1 Å². The first-order chi connectivity index (χ1) is 16.3. The molecule has 0 unspecified atom stereocenters. The van der Waals surface area contributed by atoms with Crippen molar-refractivity contribution in [1.29, 1.82) is 0 Å². The van der Waals surface area contributed by atoms with Gasteiger partial charge < -0.3 is 15.2 Å². The molecule has 12 heteroatoms. The van der Waals surface area contributed by atoms with Gasteiger partial charge in [0.2, 0.25) is 5.91 Å². The highest BCUT2D eigenvalue weighted by molar-refractivity contribution is 7.92. The average molecular weight is 578 g/mol. The van der Waals surface area contributed by atoms with Crippen molar-refractivity contribution in [2.45, 2.75) is 25.7 Å². The van der Waals surface area contributed by atoms with Crippen molar-refractivity contribution in [3.63, 3.8) is 0 Å². The van der Waals surface area contributed by atoms with Gasteiger partial charge in [0.15, 0.2) is 5.75 Å². The van der Waals surface area contributed by atoms with Gasteiger partial charge in [0.1, 0.15) is 11.5 Å². The Morgan fingerprint density at radius 3 is 2.14 bits per heavy atom. The monoisotopic (exact) mass is 576 g/mol. The second kappa shape index (κ2) is 10.7. The van der Waals surface area contributed by atoms with Gasteiger partial charge in [-0.05, 0) is 43.3 Å². The Morgan fingerprint density at radius 1 is 0.943 bits per heavy atom. The van der Waals surface area contributed by atoms with Crippen molar-refractivity contribution in [2.75, 3.05) is 10.0 Å². The molecule has 3 aromatic rings. The summed E-state index contributed by atoms with van der Waals surface area (Å²) in [6.07, 6.45) is 0. The molecule has 3 rings (SSSR count). The van der Waals surface area contributed by atoms with E-state index in [0.717, 1.165) is 0 Å². The summed E-state index contributed by atoms with van der Waals surface area (Å²) in [4.78, 5) is 12.0. The highest BCUT2D eigenvalue weighted by atomic mass is 35.5. The summed E-state index contributed by atoms with van der Waals surface area (Å²) in [5.41, 5.74) is 0.599. The lowest BCUT2D eigenvalue weighted by atomic mass is 10.1. The number of halogens is 4. The van der Waals surface area contributed by atoms with Gasteiger partial charge in [-0.1, -0.05) is 60.3 Å². The lowest BCUT2D eigenvalue weighted by Gasteiger charge is -2.16. The summed E-state index contributed by atoms with van der Waals surface area (Å²) >= 11 is 24.1. The molecule has 0 aliphatic rings. The van der Waals surface area contributed by atoms with Crippen LogP contribution < -0.4 is 14.8 Å². The summed E-state index contributed by atoms with van der Waals surface area (Å²) in [5, 5.41) is 13.3. The zero-order chi connectivity index (χ0) is 26.1. The summed E-state index contributed by atoms with van der Waals surface area (Å²) in [7, 11) is -4.00. The lowest BCUT2D eigenvalue weighted by molar-refractivity contribution is -0.118. The van der Waals surface area contributed by atoms with Crippen LogP contribution in [-0.4, -0.2) is 19.4 Å². The third-order valence-electron chi connectivity index (χ3n) is 4.84. The summed E-state index contributed by atoms with van der Waals surface area (Å²) in [5.74, 6) is -0.347. The fraction of sp³-hybridized carbons (Fsp3) is 0.174. The SMILES string of the molecule is Cc1c(Oc2ccc(S(=O)(=O)Nc3cc(Cl)c(Cl)cc3Cl)cc2)cc(NC(=O)C(C)C)c(O)c1Cl. The molecule has 7 nitrogen and oxygen atoms in total. The molecule has 0 atom stereocenters. The van der Waals surface area contributed by atoms with E-state index in [1.54, 1.807) is 20.8 Å². The van der Waals surface area contributed by atoms with Crippen LogP contribution in [0.1, 0.15) is 19.4 Å². The standard InChI is InChI=1S/C23H20Cl4N2O5S/c1-11(2)23(31)28-19-10-20(12(3)21(27)22(19)30)34-13-4-6-14(7-5-13)35(32,33)29-18-9-16(25)15(24)8-17(18)26/h4-11,29-30H,1-3H3,(H,28,31). The number of hydrogen-bond acceptors (Lipinski definition) is 5. The molecule has 3 N–H and O–H groups in total. The fourth-order valence-corrected chi connectivity index (χ4v) is 4.72. The Bertz CT molecular complexity index is 1390. The first-order valence-electron chi connectivity index (χ1n) is 10.1.